The molecule has 0 aromatic carbocycles. The van der Waals surface area contributed by atoms with Crippen LogP contribution >= 0.6 is 0 Å². The minimum atomic E-state index is 0. The van der Waals surface area contributed by atoms with Gasteiger partial charge in [-0.1, -0.05) is 0 Å². The zero-order valence-corrected chi connectivity index (χ0v) is 5.19. The second kappa shape index (κ2) is 66.5. The van der Waals surface area contributed by atoms with E-state index in [-0.39, 0.29) is 17.1 Å². The van der Waals surface area contributed by atoms with Crippen LogP contribution < -0.4 is 0 Å². The molecule has 0 heterocycles. The number of hydrogen-bond acceptors (Lipinski definition) is 2. The van der Waals surface area contributed by atoms with Gasteiger partial charge in [0.25, 0.3) is 0 Å². The van der Waals surface area contributed by atoms with Gasteiger partial charge < -0.3 is 0 Å². The van der Waals surface area contributed by atoms with Crippen molar-refractivity contribution in [1.82, 2.24) is 0 Å². The Hall–Kier alpha value is 1.16. The molecule has 2 nitrogen and oxygen atoms in total. The van der Waals surface area contributed by atoms with Gasteiger partial charge in [0, 0.05) is 17.1 Å². The molecule has 0 spiro atoms. The SMILES string of the molecule is [Fe].[O]=[Fe].[O]=[Fe]. The Kier molecular flexibility index (Phi) is 218. The van der Waals surface area contributed by atoms with E-state index in [0.29, 0.717) is 0 Å². The zero-order chi connectivity index (χ0) is 4.00. The monoisotopic (exact) mass is 200 g/mol. The fourth-order valence-electron chi connectivity index (χ4n) is 0. The summed E-state index contributed by atoms with van der Waals surface area (Å²) in [5, 5.41) is 0. The molecule has 0 atom stereocenters. The van der Waals surface area contributed by atoms with Gasteiger partial charge in [0.2, 0.25) is 0 Å². The first-order valence-electron chi connectivity index (χ1n) is 0.289. The molecule has 0 saturated heterocycles. The normalized spacial score (nSPS) is 2.00. The molecule has 36 valence electrons. The van der Waals surface area contributed by atoms with E-state index in [2.05, 4.69) is 0 Å². The van der Waals surface area contributed by atoms with Gasteiger partial charge in [-0.2, -0.15) is 0 Å². The molecule has 5 heavy (non-hydrogen) atoms. The van der Waals surface area contributed by atoms with Gasteiger partial charge in [-0.05, 0) is 0 Å². The topological polar surface area (TPSA) is 34.1 Å². The average Bonchev–Trinajstić information content (AvgIpc) is 1.50. The predicted molar refractivity (Wildman–Crippen MR) is 1.37 cm³/mol. The van der Waals surface area contributed by atoms with Gasteiger partial charge in [0.05, 0.1) is 0 Å². The summed E-state index contributed by atoms with van der Waals surface area (Å²) in [5.41, 5.74) is 0. The van der Waals surface area contributed by atoms with Crippen LogP contribution in [0.3, 0.4) is 0 Å². The van der Waals surface area contributed by atoms with E-state index in [1.807, 2.05) is 31.9 Å². The predicted octanol–water partition coefficient (Wildman–Crippen LogP) is -0.245. The van der Waals surface area contributed by atoms with Crippen LogP contribution in [0.4, 0.5) is 0 Å². The molecular formula is Fe3O2. The molecule has 0 aliphatic heterocycles. The van der Waals surface area contributed by atoms with Gasteiger partial charge in [-0.15, -0.1) is 0 Å². The third kappa shape index (κ3) is 38.3. The maximum absolute atomic E-state index is 8.00. The van der Waals surface area contributed by atoms with Gasteiger partial charge >= 0.3 is 39.6 Å². The molecule has 0 unspecified atom stereocenters. The fraction of sp³-hybridized carbons (Fsp3) is 0. The number of hydrogen-bond donors (Lipinski definition) is 0. The van der Waals surface area contributed by atoms with Crippen molar-refractivity contribution < 1.29 is 56.6 Å². The summed E-state index contributed by atoms with van der Waals surface area (Å²) < 4.78 is 16.0. The summed E-state index contributed by atoms with van der Waals surface area (Å²) in [4.78, 5) is 0. The van der Waals surface area contributed by atoms with Crippen LogP contribution in [0.25, 0.3) is 0 Å². The Labute approximate surface area is 56.6 Å². The van der Waals surface area contributed by atoms with Crippen LogP contribution in [0.15, 0.2) is 0 Å². The molecule has 0 N–H and O–H groups in total. The van der Waals surface area contributed by atoms with Crippen LogP contribution in [0.5, 0.6) is 0 Å². The summed E-state index contributed by atoms with van der Waals surface area (Å²) in [5.74, 6) is 0. The second-order valence-corrected chi connectivity index (χ2v) is 0. The molecule has 0 fully saturated rings. The molecule has 0 amide bonds. The van der Waals surface area contributed by atoms with E-state index < -0.39 is 0 Å². The first-order chi connectivity index (χ1) is 2.00. The molecule has 0 aliphatic carbocycles. The summed E-state index contributed by atoms with van der Waals surface area (Å²) in [7, 11) is 0. The van der Waals surface area contributed by atoms with Crippen LogP contribution in [0.1, 0.15) is 0 Å². The molecule has 0 radical (unpaired) electrons. The van der Waals surface area contributed by atoms with Crippen molar-refractivity contribution in [2.24, 2.45) is 0 Å². The van der Waals surface area contributed by atoms with Gasteiger partial charge in [-0.3, -0.25) is 0 Å². The molecule has 5 heteroatoms. The average molecular weight is 200 g/mol. The summed E-state index contributed by atoms with van der Waals surface area (Å²) in [6.45, 7) is 0. The molecule has 0 rings (SSSR count). The van der Waals surface area contributed by atoms with Gasteiger partial charge in [0.15, 0.2) is 0 Å². The Morgan fingerprint density at radius 1 is 0.800 bits per heavy atom. The maximum atomic E-state index is 8.00. The van der Waals surface area contributed by atoms with Crippen LogP contribution in [-0.2, 0) is 56.6 Å². The molecule has 0 aromatic heterocycles. The zero-order valence-electron chi connectivity index (χ0n) is 1.88. The van der Waals surface area contributed by atoms with Gasteiger partial charge in [-0.25, -0.2) is 0 Å². The number of rotatable bonds is 0. The Morgan fingerprint density at radius 3 is 0.800 bits per heavy atom. The second-order valence-electron chi connectivity index (χ2n) is 0. The van der Waals surface area contributed by atoms with Crippen molar-refractivity contribution in [1.29, 1.82) is 0 Å². The standard InChI is InChI=1S/3Fe.2O. The molecule has 0 saturated carbocycles. The van der Waals surface area contributed by atoms with Crippen molar-refractivity contribution in [2.75, 3.05) is 0 Å². The van der Waals surface area contributed by atoms with Gasteiger partial charge in [0.1, 0.15) is 0 Å². The van der Waals surface area contributed by atoms with E-state index in [4.69, 9.17) is 7.67 Å². The van der Waals surface area contributed by atoms with E-state index in [9.17, 15) is 0 Å². The van der Waals surface area contributed by atoms with E-state index in [0.717, 1.165) is 0 Å². The summed E-state index contributed by atoms with van der Waals surface area (Å²) in [6.07, 6.45) is 0. The van der Waals surface area contributed by atoms with Crippen LogP contribution in [0, 0.1) is 0 Å². The molecular weight excluding hydrogens is 200 g/mol. The van der Waals surface area contributed by atoms with E-state index in [1.54, 1.807) is 0 Å². The van der Waals surface area contributed by atoms with E-state index >= 15 is 0 Å². The minimum absolute atomic E-state index is 0. The van der Waals surface area contributed by atoms with Crippen molar-refractivity contribution in [3.8, 4) is 0 Å². The molecule has 0 aliphatic rings. The van der Waals surface area contributed by atoms with Crippen molar-refractivity contribution in [2.45, 2.75) is 0 Å². The molecule has 0 bridgehead atoms. The molecule has 0 aromatic rings. The van der Waals surface area contributed by atoms with Crippen LogP contribution in [-0.4, -0.2) is 0 Å². The third-order valence-electron chi connectivity index (χ3n) is 0. The summed E-state index contributed by atoms with van der Waals surface area (Å²) >= 11 is 4.00. The van der Waals surface area contributed by atoms with Crippen molar-refractivity contribution >= 4 is 0 Å². The Morgan fingerprint density at radius 2 is 0.800 bits per heavy atom. The first kappa shape index (κ1) is 16.4. The Bertz CT molecular complexity index is 6.85. The fourth-order valence-corrected chi connectivity index (χ4v) is 0. The third-order valence-corrected chi connectivity index (χ3v) is 0. The first-order valence-corrected chi connectivity index (χ1v) is 1.19. The Balaban J connectivity index is -0.0000000133. The van der Waals surface area contributed by atoms with Crippen molar-refractivity contribution in [3.63, 3.8) is 0 Å². The summed E-state index contributed by atoms with van der Waals surface area (Å²) in [6, 6.07) is 0. The quantitative estimate of drug-likeness (QED) is 0.505. The van der Waals surface area contributed by atoms with Crippen molar-refractivity contribution in [3.05, 3.63) is 0 Å². The van der Waals surface area contributed by atoms with E-state index in [1.165, 1.54) is 0 Å². The van der Waals surface area contributed by atoms with Crippen LogP contribution in [0.2, 0.25) is 0 Å².